The molecule has 8 nitrogen and oxygen atoms in total. The van der Waals surface area contributed by atoms with Crippen molar-refractivity contribution in [3.8, 4) is 5.75 Å². The number of likely N-dealkylation sites (tertiary alicyclic amines) is 1. The molecular weight excluding hydrogens is 497 g/mol. The van der Waals surface area contributed by atoms with Crippen LogP contribution < -0.4 is 4.74 Å². The number of carbonyl (C=O) groups excluding carboxylic acids is 1. The standard InChI is InChI=1S/C27H33ClFN5O3/c1-4-9-34-17-6-8-21(34)25(35)23(11-17)37-22-10-16(29)5-7-18(22)27(36)33-12-19(20(30)13-33)26-31-14(2)24(28)15(3)32-26/h5,7,10,17,19,21,23,25,30,35H,4,6,8-9,11-13H2,1-3H3. The summed E-state index contributed by atoms with van der Waals surface area (Å²) >= 11 is 6.21. The number of fused-ring (bicyclic) bond motifs is 2. The van der Waals surface area contributed by atoms with Crippen LogP contribution >= 0.6 is 11.6 Å². The summed E-state index contributed by atoms with van der Waals surface area (Å²) in [5.74, 6) is -0.719. The molecule has 0 spiro atoms. The molecule has 1 amide bonds. The van der Waals surface area contributed by atoms with Gasteiger partial charge in [0.25, 0.3) is 5.91 Å². The van der Waals surface area contributed by atoms with Gasteiger partial charge in [0.2, 0.25) is 0 Å². The molecule has 5 rings (SSSR count). The first-order valence-electron chi connectivity index (χ1n) is 12.9. The second-order valence-electron chi connectivity index (χ2n) is 10.4. The first-order chi connectivity index (χ1) is 17.7. The SMILES string of the molecule is CCCN1C2CCC1C(O)C(Oc1cc(F)ccc1C(=O)N1CC(=N)C(c3nc(C)c(Cl)c(C)n3)C1)C2. The van der Waals surface area contributed by atoms with E-state index in [2.05, 4.69) is 21.8 Å². The van der Waals surface area contributed by atoms with Crippen molar-refractivity contribution in [1.82, 2.24) is 19.8 Å². The summed E-state index contributed by atoms with van der Waals surface area (Å²) in [4.78, 5) is 26.4. The highest BCUT2D eigenvalue weighted by Gasteiger charge is 2.47. The van der Waals surface area contributed by atoms with E-state index < -0.39 is 23.9 Å². The number of ether oxygens (including phenoxy) is 1. The van der Waals surface area contributed by atoms with Gasteiger partial charge in [-0.15, -0.1) is 0 Å². The molecular formula is C27H33ClFN5O3. The number of halogens is 2. The highest BCUT2D eigenvalue weighted by molar-refractivity contribution is 6.31. The quantitative estimate of drug-likeness (QED) is 0.588. The number of aryl methyl sites for hydroxylation is 2. The van der Waals surface area contributed by atoms with Crippen LogP contribution in [0.3, 0.4) is 0 Å². The lowest BCUT2D eigenvalue weighted by molar-refractivity contribution is -0.0642. The van der Waals surface area contributed by atoms with Gasteiger partial charge >= 0.3 is 0 Å². The number of hydrogen-bond donors (Lipinski definition) is 2. The summed E-state index contributed by atoms with van der Waals surface area (Å²) in [6, 6.07) is 4.20. The fraction of sp³-hybridized carbons (Fsp3) is 0.556. The first-order valence-corrected chi connectivity index (χ1v) is 13.3. The predicted molar refractivity (Wildman–Crippen MR) is 138 cm³/mol. The molecule has 3 fully saturated rings. The summed E-state index contributed by atoms with van der Waals surface area (Å²) < 4.78 is 20.5. The lowest BCUT2D eigenvalue weighted by Gasteiger charge is -2.42. The van der Waals surface area contributed by atoms with Crippen LogP contribution in [-0.4, -0.2) is 80.4 Å². The van der Waals surface area contributed by atoms with E-state index in [4.69, 9.17) is 21.7 Å². The molecule has 198 valence electrons. The normalized spacial score (nSPS) is 27.7. The highest BCUT2D eigenvalue weighted by Crippen LogP contribution is 2.38. The van der Waals surface area contributed by atoms with Crippen LogP contribution in [0.15, 0.2) is 18.2 Å². The summed E-state index contributed by atoms with van der Waals surface area (Å²) in [7, 11) is 0. The number of piperidine rings is 1. The third kappa shape index (κ3) is 4.84. The molecule has 2 aromatic rings. The molecule has 4 heterocycles. The molecule has 0 saturated carbocycles. The van der Waals surface area contributed by atoms with Crippen molar-refractivity contribution in [2.24, 2.45) is 0 Å². The van der Waals surface area contributed by atoms with Crippen molar-refractivity contribution in [1.29, 1.82) is 5.41 Å². The van der Waals surface area contributed by atoms with Crippen molar-refractivity contribution < 1.29 is 19.0 Å². The topological polar surface area (TPSA) is 103 Å². The summed E-state index contributed by atoms with van der Waals surface area (Å²) in [5.41, 5.74) is 1.81. The van der Waals surface area contributed by atoms with E-state index in [1.165, 1.54) is 18.2 Å². The van der Waals surface area contributed by atoms with Gasteiger partial charge in [0.15, 0.2) is 0 Å². The lowest BCUT2D eigenvalue weighted by Crippen LogP contribution is -2.56. The number of aliphatic hydroxyl groups is 1. The molecule has 5 unspecified atom stereocenters. The maximum Gasteiger partial charge on any atom is 0.257 e. The minimum Gasteiger partial charge on any atom is -0.487 e. The van der Waals surface area contributed by atoms with Gasteiger partial charge in [0.05, 0.1) is 34.4 Å². The van der Waals surface area contributed by atoms with E-state index in [0.29, 0.717) is 40.4 Å². The van der Waals surface area contributed by atoms with Gasteiger partial charge in [-0.3, -0.25) is 9.69 Å². The Kier molecular flexibility index (Phi) is 7.22. The smallest absolute Gasteiger partial charge is 0.257 e. The monoisotopic (exact) mass is 529 g/mol. The van der Waals surface area contributed by atoms with E-state index >= 15 is 0 Å². The molecule has 37 heavy (non-hydrogen) atoms. The zero-order chi connectivity index (χ0) is 26.4. The Morgan fingerprint density at radius 1 is 1.27 bits per heavy atom. The second-order valence-corrected chi connectivity index (χ2v) is 10.8. The number of amides is 1. The fourth-order valence-electron chi connectivity index (χ4n) is 6.06. The minimum absolute atomic E-state index is 0.0162. The molecule has 3 saturated heterocycles. The number of aromatic nitrogens is 2. The number of nitrogens with zero attached hydrogens (tertiary/aromatic N) is 4. The van der Waals surface area contributed by atoms with Crippen LogP contribution in [0.1, 0.15) is 66.1 Å². The van der Waals surface area contributed by atoms with Gasteiger partial charge in [-0.25, -0.2) is 14.4 Å². The van der Waals surface area contributed by atoms with E-state index in [0.717, 1.165) is 25.8 Å². The van der Waals surface area contributed by atoms with Crippen molar-refractivity contribution in [3.63, 3.8) is 0 Å². The zero-order valence-corrected chi connectivity index (χ0v) is 22.1. The summed E-state index contributed by atoms with van der Waals surface area (Å²) in [5, 5.41) is 20.1. The van der Waals surface area contributed by atoms with Crippen LogP contribution in [0.25, 0.3) is 0 Å². The molecule has 5 atom stereocenters. The largest absolute Gasteiger partial charge is 0.487 e. The van der Waals surface area contributed by atoms with Crippen LogP contribution in [0, 0.1) is 25.1 Å². The number of rotatable bonds is 6. The van der Waals surface area contributed by atoms with Crippen LogP contribution in [0.2, 0.25) is 5.02 Å². The maximum atomic E-state index is 14.3. The molecule has 3 aliphatic heterocycles. The Labute approximate surface area is 221 Å². The van der Waals surface area contributed by atoms with E-state index in [1.807, 2.05) is 0 Å². The van der Waals surface area contributed by atoms with Gasteiger partial charge < -0.3 is 20.2 Å². The molecule has 3 aliphatic rings. The zero-order valence-electron chi connectivity index (χ0n) is 21.4. The third-order valence-electron chi connectivity index (χ3n) is 7.89. The van der Waals surface area contributed by atoms with Gasteiger partial charge in [-0.05, 0) is 51.8 Å². The number of carbonyl (C=O) groups is 1. The Balaban J connectivity index is 1.35. The average Bonchev–Trinajstić information content (AvgIpc) is 3.40. The Morgan fingerprint density at radius 2 is 2.00 bits per heavy atom. The first kappa shape index (κ1) is 26.0. The predicted octanol–water partition coefficient (Wildman–Crippen LogP) is 3.90. The van der Waals surface area contributed by atoms with Gasteiger partial charge in [0, 0.05) is 36.8 Å². The Morgan fingerprint density at radius 3 is 2.70 bits per heavy atom. The van der Waals surface area contributed by atoms with Gasteiger partial charge in [0.1, 0.15) is 29.6 Å². The molecule has 10 heteroatoms. The molecule has 0 radical (unpaired) electrons. The molecule has 0 aliphatic carbocycles. The Hall–Kier alpha value is -2.62. The molecule has 2 N–H and O–H groups in total. The highest BCUT2D eigenvalue weighted by atomic mass is 35.5. The molecule has 1 aromatic heterocycles. The van der Waals surface area contributed by atoms with Crippen molar-refractivity contribution in [2.75, 3.05) is 19.6 Å². The van der Waals surface area contributed by atoms with Gasteiger partial charge in [-0.2, -0.15) is 0 Å². The lowest BCUT2D eigenvalue weighted by atomic mass is 9.96. The summed E-state index contributed by atoms with van der Waals surface area (Å²) in [6.07, 6.45) is 2.32. The summed E-state index contributed by atoms with van der Waals surface area (Å²) in [6.45, 7) is 6.99. The third-order valence-corrected chi connectivity index (χ3v) is 8.43. The number of benzene rings is 1. The average molecular weight is 530 g/mol. The number of aliphatic hydroxyl groups excluding tert-OH is 1. The Bertz CT molecular complexity index is 1200. The van der Waals surface area contributed by atoms with Crippen molar-refractivity contribution >= 4 is 23.2 Å². The molecule has 1 aromatic carbocycles. The fourth-order valence-corrected chi connectivity index (χ4v) is 6.14. The van der Waals surface area contributed by atoms with E-state index in [9.17, 15) is 14.3 Å². The van der Waals surface area contributed by atoms with Crippen molar-refractivity contribution in [2.45, 2.75) is 76.7 Å². The molecule has 2 bridgehead atoms. The number of nitrogens with one attached hydrogen (secondary N) is 1. The van der Waals surface area contributed by atoms with E-state index in [-0.39, 0.29) is 36.4 Å². The second kappa shape index (κ2) is 10.3. The number of hydrogen-bond acceptors (Lipinski definition) is 7. The van der Waals surface area contributed by atoms with Gasteiger partial charge in [-0.1, -0.05) is 18.5 Å². The van der Waals surface area contributed by atoms with Crippen LogP contribution in [0.4, 0.5) is 4.39 Å². The van der Waals surface area contributed by atoms with Crippen LogP contribution in [0.5, 0.6) is 5.75 Å². The maximum absolute atomic E-state index is 14.3. The van der Waals surface area contributed by atoms with Crippen LogP contribution in [-0.2, 0) is 0 Å². The van der Waals surface area contributed by atoms with E-state index in [1.54, 1.807) is 18.7 Å². The minimum atomic E-state index is -0.714. The van der Waals surface area contributed by atoms with Crippen molar-refractivity contribution in [3.05, 3.63) is 51.8 Å².